The lowest BCUT2D eigenvalue weighted by Gasteiger charge is -2.42. The Labute approximate surface area is 261 Å². The first-order valence-electron chi connectivity index (χ1n) is 15.2. The molecule has 2 N–H and O–H groups in total. The fourth-order valence-electron chi connectivity index (χ4n) is 7.24. The number of amides is 2. The molecule has 3 aromatic rings. The standard InChI is InChI=1S/C34H38N4O7/c1-19(39)36-25-10-8-21-13-29(43-2)33(44-3)34(45-4)32(21)23-9-11-26(28(40)14-24(23)25)35-15-31(42)37-16-20-12-22(18-37)27-6-5-7-30(41)38(27)17-20/h5-7,9,11,13-14,20,22,25H,8,10,12,15-18H2,1-4H3,(H,35,40)(H,36,39)/t20-,22+,25+/m0/s1. The van der Waals surface area contributed by atoms with Crippen LogP contribution in [0.4, 0.5) is 5.69 Å². The molecule has 236 valence electrons. The van der Waals surface area contributed by atoms with Crippen LogP contribution in [0.25, 0.3) is 11.1 Å². The first-order valence-corrected chi connectivity index (χ1v) is 15.2. The maximum absolute atomic E-state index is 13.6. The second-order valence-electron chi connectivity index (χ2n) is 11.9. The molecule has 3 heterocycles. The van der Waals surface area contributed by atoms with Crippen LogP contribution in [0.2, 0.25) is 0 Å². The maximum atomic E-state index is 13.6. The van der Waals surface area contributed by atoms with Gasteiger partial charge in [-0.1, -0.05) is 12.1 Å². The summed E-state index contributed by atoms with van der Waals surface area (Å²) in [6.45, 7) is 3.10. The molecular weight excluding hydrogens is 576 g/mol. The summed E-state index contributed by atoms with van der Waals surface area (Å²) in [5, 5.41) is 6.10. The number of nitrogens with one attached hydrogen (secondary N) is 2. The molecule has 1 aliphatic carbocycles. The molecule has 2 bridgehead atoms. The van der Waals surface area contributed by atoms with Crippen LogP contribution in [0, 0.1) is 5.92 Å². The van der Waals surface area contributed by atoms with Gasteiger partial charge in [0.25, 0.3) is 5.56 Å². The molecule has 2 aliphatic heterocycles. The summed E-state index contributed by atoms with van der Waals surface area (Å²) in [6, 6.07) is 11.9. The topological polar surface area (TPSA) is 128 Å². The second-order valence-corrected chi connectivity index (χ2v) is 11.9. The van der Waals surface area contributed by atoms with Gasteiger partial charge in [-0.2, -0.15) is 0 Å². The average molecular weight is 615 g/mol. The molecule has 2 amide bonds. The monoisotopic (exact) mass is 614 g/mol. The number of carbonyl (C=O) groups excluding carboxylic acids is 2. The van der Waals surface area contributed by atoms with Crippen molar-refractivity contribution in [3.8, 4) is 28.4 Å². The van der Waals surface area contributed by atoms with Gasteiger partial charge in [0.05, 0.1) is 39.6 Å². The van der Waals surface area contributed by atoms with E-state index in [1.54, 1.807) is 39.5 Å². The van der Waals surface area contributed by atoms with Gasteiger partial charge in [0.2, 0.25) is 23.0 Å². The van der Waals surface area contributed by atoms with E-state index in [1.165, 1.54) is 13.0 Å². The lowest BCUT2D eigenvalue weighted by atomic mass is 9.83. The van der Waals surface area contributed by atoms with Crippen LogP contribution in [0.1, 0.15) is 48.5 Å². The fraction of sp³-hybridized carbons (Fsp3) is 0.412. The molecule has 2 aromatic carbocycles. The summed E-state index contributed by atoms with van der Waals surface area (Å²) >= 11 is 0. The molecule has 11 nitrogen and oxygen atoms in total. The van der Waals surface area contributed by atoms with Crippen molar-refractivity contribution >= 4 is 17.5 Å². The fourth-order valence-corrected chi connectivity index (χ4v) is 7.24. The van der Waals surface area contributed by atoms with E-state index in [9.17, 15) is 19.2 Å². The van der Waals surface area contributed by atoms with Crippen molar-refractivity contribution in [1.29, 1.82) is 0 Å². The number of likely N-dealkylation sites (tertiary alicyclic amines) is 1. The number of nitrogens with zero attached hydrogens (tertiary/aromatic N) is 2. The molecule has 3 aliphatic rings. The minimum Gasteiger partial charge on any atom is -0.493 e. The molecule has 0 saturated carbocycles. The Morgan fingerprint density at radius 2 is 1.76 bits per heavy atom. The highest BCUT2D eigenvalue weighted by Gasteiger charge is 2.36. The van der Waals surface area contributed by atoms with E-state index < -0.39 is 6.04 Å². The second kappa shape index (κ2) is 12.3. The van der Waals surface area contributed by atoms with Crippen LogP contribution in [-0.4, -0.2) is 62.2 Å². The summed E-state index contributed by atoms with van der Waals surface area (Å²) in [4.78, 5) is 53.5. The van der Waals surface area contributed by atoms with Crippen molar-refractivity contribution in [3.05, 3.63) is 79.9 Å². The average Bonchev–Trinajstić information content (AvgIpc) is 3.27. The highest BCUT2D eigenvalue weighted by atomic mass is 16.5. The number of benzene rings is 1. The number of anilines is 1. The number of carbonyl (C=O) groups is 2. The van der Waals surface area contributed by atoms with Crippen molar-refractivity contribution < 1.29 is 23.8 Å². The van der Waals surface area contributed by atoms with Gasteiger partial charge in [-0.05, 0) is 66.1 Å². The molecule has 3 atom stereocenters. The Kier molecular flexibility index (Phi) is 8.26. The third-order valence-corrected chi connectivity index (χ3v) is 9.18. The van der Waals surface area contributed by atoms with E-state index in [0.717, 1.165) is 23.2 Å². The molecule has 1 aromatic heterocycles. The maximum Gasteiger partial charge on any atom is 0.250 e. The zero-order chi connectivity index (χ0) is 31.8. The minimum absolute atomic E-state index is 0.000493. The minimum atomic E-state index is -0.427. The number of hydrogen-bond acceptors (Lipinski definition) is 8. The number of aryl methyl sites for hydroxylation is 1. The molecule has 11 heteroatoms. The van der Waals surface area contributed by atoms with Gasteiger partial charge >= 0.3 is 0 Å². The normalized spacial score (nSPS) is 19.6. The van der Waals surface area contributed by atoms with Crippen molar-refractivity contribution in [1.82, 2.24) is 14.8 Å². The number of ether oxygens (including phenoxy) is 3. The third-order valence-electron chi connectivity index (χ3n) is 9.18. The number of hydrogen-bond donors (Lipinski definition) is 2. The number of fused-ring (bicyclic) bond motifs is 7. The van der Waals surface area contributed by atoms with Crippen molar-refractivity contribution in [2.45, 2.75) is 44.7 Å². The lowest BCUT2D eigenvalue weighted by molar-refractivity contribution is -0.132. The molecule has 1 fully saturated rings. The molecule has 0 spiro atoms. The smallest absolute Gasteiger partial charge is 0.250 e. The van der Waals surface area contributed by atoms with Crippen molar-refractivity contribution in [2.24, 2.45) is 5.92 Å². The van der Waals surface area contributed by atoms with Crippen LogP contribution in [0.5, 0.6) is 17.2 Å². The van der Waals surface area contributed by atoms with E-state index >= 15 is 0 Å². The van der Waals surface area contributed by atoms with Crippen LogP contribution in [0.3, 0.4) is 0 Å². The quantitative estimate of drug-likeness (QED) is 0.416. The number of methoxy groups -OCH3 is 3. The zero-order valence-electron chi connectivity index (χ0n) is 26.0. The van der Waals surface area contributed by atoms with Gasteiger partial charge in [-0.25, -0.2) is 0 Å². The summed E-state index contributed by atoms with van der Waals surface area (Å²) in [6.07, 6.45) is 2.10. The highest BCUT2D eigenvalue weighted by molar-refractivity contribution is 5.84. The van der Waals surface area contributed by atoms with Crippen LogP contribution >= 0.6 is 0 Å². The van der Waals surface area contributed by atoms with Crippen molar-refractivity contribution in [3.63, 3.8) is 0 Å². The van der Waals surface area contributed by atoms with Gasteiger partial charge in [0.15, 0.2) is 11.5 Å². The summed E-state index contributed by atoms with van der Waals surface area (Å²) in [7, 11) is 4.66. The first kappa shape index (κ1) is 30.2. The Hall–Kier alpha value is -4.80. The van der Waals surface area contributed by atoms with Gasteiger partial charge in [-0.3, -0.25) is 19.2 Å². The molecular formula is C34H38N4O7. The Morgan fingerprint density at radius 3 is 2.49 bits per heavy atom. The number of rotatable bonds is 7. The SMILES string of the molecule is COc1cc2c(c(OC)c1OC)-c1ccc(NCC(=O)N3C[C@@H]4C[C@H](C3)c3cccc(=O)n3C4)c(=O)cc1[C@H](NC(C)=O)CC2. The Bertz CT molecular complexity index is 1790. The van der Waals surface area contributed by atoms with E-state index in [-0.39, 0.29) is 46.9 Å². The zero-order valence-corrected chi connectivity index (χ0v) is 26.0. The Balaban J connectivity index is 1.32. The van der Waals surface area contributed by atoms with Crippen LogP contribution in [-0.2, 0) is 22.6 Å². The van der Waals surface area contributed by atoms with E-state index in [1.807, 2.05) is 27.7 Å². The summed E-state index contributed by atoms with van der Waals surface area (Å²) in [5.41, 5.74) is 4.00. The number of pyridine rings is 1. The molecule has 0 radical (unpaired) electrons. The third kappa shape index (κ3) is 5.63. The number of aromatic nitrogens is 1. The van der Waals surface area contributed by atoms with Crippen molar-refractivity contribution in [2.75, 3.05) is 46.3 Å². The summed E-state index contributed by atoms with van der Waals surface area (Å²) < 4.78 is 18.9. The van der Waals surface area contributed by atoms with E-state index in [4.69, 9.17) is 14.2 Å². The van der Waals surface area contributed by atoms with E-state index in [0.29, 0.717) is 60.9 Å². The Morgan fingerprint density at radius 1 is 0.956 bits per heavy atom. The van der Waals surface area contributed by atoms with Gasteiger partial charge in [-0.15, -0.1) is 0 Å². The number of piperidine rings is 1. The van der Waals surface area contributed by atoms with Gasteiger partial charge < -0.3 is 34.3 Å². The van der Waals surface area contributed by atoms with Crippen LogP contribution in [0.15, 0.2) is 52.1 Å². The van der Waals surface area contributed by atoms with E-state index in [2.05, 4.69) is 10.6 Å². The molecule has 45 heavy (non-hydrogen) atoms. The summed E-state index contributed by atoms with van der Waals surface area (Å²) in [5.74, 6) is 1.42. The predicted octanol–water partition coefficient (Wildman–Crippen LogP) is 3.08. The first-order chi connectivity index (χ1) is 21.7. The lowest BCUT2D eigenvalue weighted by Crippen LogP contribution is -2.50. The highest BCUT2D eigenvalue weighted by Crippen LogP contribution is 2.50. The van der Waals surface area contributed by atoms with Gasteiger partial charge in [0.1, 0.15) is 0 Å². The largest absolute Gasteiger partial charge is 0.493 e. The molecule has 1 saturated heterocycles. The van der Waals surface area contributed by atoms with Crippen LogP contribution < -0.4 is 35.8 Å². The molecule has 0 unspecified atom stereocenters. The predicted molar refractivity (Wildman–Crippen MR) is 169 cm³/mol. The molecule has 6 rings (SSSR count). The van der Waals surface area contributed by atoms with Gasteiger partial charge in [0, 0.05) is 49.8 Å².